The standard InChI is InChI=1S/C22H24N2O3/c1-3-24(15-16-7-5-4-6-8-16)21(25)12-10-18-13-17-9-11-19(27-2)14-20(17)23-22(18)26/h4-9,11,13-14H,3,10,12,15H2,1-2H3,(H,23,26). The number of aromatic nitrogens is 1. The van der Waals surface area contributed by atoms with Crippen LogP contribution in [0, 0.1) is 0 Å². The quantitative estimate of drug-likeness (QED) is 0.698. The molecule has 0 fully saturated rings. The molecule has 2 aromatic carbocycles. The van der Waals surface area contributed by atoms with Crippen LogP contribution in [0.2, 0.25) is 0 Å². The zero-order chi connectivity index (χ0) is 19.2. The molecular weight excluding hydrogens is 340 g/mol. The number of nitrogens with one attached hydrogen (secondary N) is 1. The van der Waals surface area contributed by atoms with Gasteiger partial charge in [-0.15, -0.1) is 0 Å². The number of carbonyl (C=O) groups excluding carboxylic acids is 1. The van der Waals surface area contributed by atoms with E-state index in [-0.39, 0.29) is 11.5 Å². The molecule has 0 saturated carbocycles. The van der Waals surface area contributed by atoms with Crippen molar-refractivity contribution in [2.75, 3.05) is 13.7 Å². The molecule has 1 heterocycles. The molecule has 140 valence electrons. The predicted molar refractivity (Wildman–Crippen MR) is 107 cm³/mol. The van der Waals surface area contributed by atoms with Gasteiger partial charge < -0.3 is 14.6 Å². The van der Waals surface area contributed by atoms with Crippen LogP contribution < -0.4 is 10.3 Å². The Kier molecular flexibility index (Phi) is 5.91. The van der Waals surface area contributed by atoms with E-state index in [0.717, 1.165) is 16.5 Å². The fraction of sp³-hybridized carbons (Fsp3) is 0.273. The molecule has 0 atom stereocenters. The maximum absolute atomic E-state index is 12.6. The molecule has 3 rings (SSSR count). The summed E-state index contributed by atoms with van der Waals surface area (Å²) in [5, 5.41) is 0.925. The Morgan fingerprint density at radius 2 is 1.89 bits per heavy atom. The number of hydrogen-bond donors (Lipinski definition) is 1. The van der Waals surface area contributed by atoms with Crippen LogP contribution in [-0.2, 0) is 17.8 Å². The average Bonchev–Trinajstić information content (AvgIpc) is 2.70. The van der Waals surface area contributed by atoms with Gasteiger partial charge in [0.05, 0.1) is 12.6 Å². The topological polar surface area (TPSA) is 62.4 Å². The molecule has 0 bridgehead atoms. The Morgan fingerprint density at radius 1 is 1.11 bits per heavy atom. The summed E-state index contributed by atoms with van der Waals surface area (Å²) in [6.45, 7) is 3.20. The lowest BCUT2D eigenvalue weighted by Gasteiger charge is -2.21. The van der Waals surface area contributed by atoms with Crippen LogP contribution in [0.5, 0.6) is 5.75 Å². The maximum atomic E-state index is 12.6. The number of aryl methyl sites for hydroxylation is 1. The van der Waals surface area contributed by atoms with Crippen molar-refractivity contribution in [3.8, 4) is 5.75 Å². The molecule has 5 heteroatoms. The first-order valence-electron chi connectivity index (χ1n) is 9.12. The number of aromatic amines is 1. The van der Waals surface area contributed by atoms with Crippen LogP contribution in [0.25, 0.3) is 10.9 Å². The molecule has 1 N–H and O–H groups in total. The third-order valence-corrected chi connectivity index (χ3v) is 4.69. The highest BCUT2D eigenvalue weighted by Gasteiger charge is 2.13. The third-order valence-electron chi connectivity index (χ3n) is 4.69. The van der Waals surface area contributed by atoms with Crippen LogP contribution in [0.15, 0.2) is 59.4 Å². The van der Waals surface area contributed by atoms with Crippen LogP contribution >= 0.6 is 0 Å². The maximum Gasteiger partial charge on any atom is 0.251 e. The number of hydrogen-bond acceptors (Lipinski definition) is 3. The lowest BCUT2D eigenvalue weighted by molar-refractivity contribution is -0.131. The number of carbonyl (C=O) groups is 1. The summed E-state index contributed by atoms with van der Waals surface area (Å²) in [4.78, 5) is 29.7. The van der Waals surface area contributed by atoms with Gasteiger partial charge in [0.15, 0.2) is 0 Å². The summed E-state index contributed by atoms with van der Waals surface area (Å²) in [5.41, 5.74) is 2.30. The smallest absolute Gasteiger partial charge is 0.251 e. The number of methoxy groups -OCH3 is 1. The molecule has 0 unspecified atom stereocenters. The number of pyridine rings is 1. The summed E-state index contributed by atoms with van der Waals surface area (Å²) < 4.78 is 5.19. The van der Waals surface area contributed by atoms with Crippen molar-refractivity contribution >= 4 is 16.8 Å². The van der Waals surface area contributed by atoms with Crippen molar-refractivity contribution in [1.82, 2.24) is 9.88 Å². The van der Waals surface area contributed by atoms with E-state index >= 15 is 0 Å². The summed E-state index contributed by atoms with van der Waals surface area (Å²) in [6, 6.07) is 17.3. The molecule has 0 spiro atoms. The van der Waals surface area contributed by atoms with Gasteiger partial charge >= 0.3 is 0 Å². The Morgan fingerprint density at radius 3 is 2.59 bits per heavy atom. The molecular formula is C22H24N2O3. The van der Waals surface area contributed by atoms with Gasteiger partial charge in [0, 0.05) is 31.1 Å². The first-order chi connectivity index (χ1) is 13.1. The zero-order valence-electron chi connectivity index (χ0n) is 15.7. The van der Waals surface area contributed by atoms with E-state index in [4.69, 9.17) is 4.74 Å². The van der Waals surface area contributed by atoms with E-state index in [1.165, 1.54) is 0 Å². The van der Waals surface area contributed by atoms with E-state index < -0.39 is 0 Å². The van der Waals surface area contributed by atoms with Crippen molar-refractivity contribution in [3.63, 3.8) is 0 Å². The highest BCUT2D eigenvalue weighted by Crippen LogP contribution is 2.19. The number of benzene rings is 2. The van der Waals surface area contributed by atoms with Crippen LogP contribution in [0.4, 0.5) is 0 Å². The first-order valence-corrected chi connectivity index (χ1v) is 9.12. The van der Waals surface area contributed by atoms with Crippen LogP contribution in [0.3, 0.4) is 0 Å². The van der Waals surface area contributed by atoms with Gasteiger partial charge in [-0.05, 0) is 42.5 Å². The summed E-state index contributed by atoms with van der Waals surface area (Å²) in [6.07, 6.45) is 0.729. The van der Waals surface area contributed by atoms with E-state index in [0.29, 0.717) is 37.2 Å². The lowest BCUT2D eigenvalue weighted by atomic mass is 10.1. The molecule has 3 aromatic rings. The molecule has 1 aromatic heterocycles. The van der Waals surface area contributed by atoms with Crippen molar-refractivity contribution in [1.29, 1.82) is 0 Å². The summed E-state index contributed by atoms with van der Waals surface area (Å²) in [7, 11) is 1.59. The number of amides is 1. The van der Waals surface area contributed by atoms with Gasteiger partial charge in [0.2, 0.25) is 5.91 Å². The number of ether oxygens (including phenoxy) is 1. The van der Waals surface area contributed by atoms with Crippen molar-refractivity contribution in [2.45, 2.75) is 26.3 Å². The second kappa shape index (κ2) is 8.54. The van der Waals surface area contributed by atoms with Gasteiger partial charge in [-0.3, -0.25) is 9.59 Å². The third kappa shape index (κ3) is 4.56. The van der Waals surface area contributed by atoms with Crippen molar-refractivity contribution in [3.05, 3.63) is 76.1 Å². The zero-order valence-corrected chi connectivity index (χ0v) is 15.7. The Bertz CT molecular complexity index is 980. The second-order valence-electron chi connectivity index (χ2n) is 6.47. The Balaban J connectivity index is 1.70. The molecule has 0 aliphatic rings. The van der Waals surface area contributed by atoms with Gasteiger partial charge in [-0.2, -0.15) is 0 Å². The number of nitrogens with zero attached hydrogens (tertiary/aromatic N) is 1. The highest BCUT2D eigenvalue weighted by molar-refractivity contribution is 5.81. The lowest BCUT2D eigenvalue weighted by Crippen LogP contribution is -2.30. The summed E-state index contributed by atoms with van der Waals surface area (Å²) in [5.74, 6) is 0.746. The number of rotatable bonds is 7. The monoisotopic (exact) mass is 364 g/mol. The SMILES string of the molecule is CCN(Cc1ccccc1)C(=O)CCc1cc2ccc(OC)cc2[nH]c1=O. The fourth-order valence-corrected chi connectivity index (χ4v) is 3.12. The molecule has 0 saturated heterocycles. The molecule has 0 radical (unpaired) electrons. The van der Waals surface area contributed by atoms with Gasteiger partial charge in [-0.1, -0.05) is 30.3 Å². The normalized spacial score (nSPS) is 10.7. The molecule has 0 aliphatic heterocycles. The Hall–Kier alpha value is -3.08. The minimum Gasteiger partial charge on any atom is -0.497 e. The van der Waals surface area contributed by atoms with Crippen molar-refractivity contribution < 1.29 is 9.53 Å². The van der Waals surface area contributed by atoms with Crippen LogP contribution in [0.1, 0.15) is 24.5 Å². The number of H-pyrrole nitrogens is 1. The molecule has 1 amide bonds. The minimum absolute atomic E-state index is 0.0515. The average molecular weight is 364 g/mol. The first kappa shape index (κ1) is 18.7. The number of fused-ring (bicyclic) bond motifs is 1. The summed E-state index contributed by atoms with van der Waals surface area (Å²) >= 11 is 0. The van der Waals surface area contributed by atoms with E-state index in [1.54, 1.807) is 13.2 Å². The minimum atomic E-state index is -0.158. The fourth-order valence-electron chi connectivity index (χ4n) is 3.12. The van der Waals surface area contributed by atoms with Crippen molar-refractivity contribution in [2.24, 2.45) is 0 Å². The highest BCUT2D eigenvalue weighted by atomic mass is 16.5. The molecule has 0 aliphatic carbocycles. The Labute approximate surface area is 158 Å². The second-order valence-corrected chi connectivity index (χ2v) is 6.47. The van der Waals surface area contributed by atoms with Gasteiger partial charge in [0.1, 0.15) is 5.75 Å². The van der Waals surface area contributed by atoms with E-state index in [9.17, 15) is 9.59 Å². The largest absolute Gasteiger partial charge is 0.497 e. The predicted octanol–water partition coefficient (Wildman–Crippen LogP) is 3.52. The van der Waals surface area contributed by atoms with Gasteiger partial charge in [-0.25, -0.2) is 0 Å². The van der Waals surface area contributed by atoms with Crippen LogP contribution in [-0.4, -0.2) is 29.4 Å². The molecule has 27 heavy (non-hydrogen) atoms. The van der Waals surface area contributed by atoms with E-state index in [1.807, 2.05) is 60.4 Å². The van der Waals surface area contributed by atoms with Gasteiger partial charge in [0.25, 0.3) is 5.56 Å². The van der Waals surface area contributed by atoms with E-state index in [2.05, 4.69) is 4.98 Å². The molecule has 5 nitrogen and oxygen atoms in total.